The van der Waals surface area contributed by atoms with E-state index in [-0.39, 0.29) is 23.8 Å². The molecule has 1 aliphatic heterocycles. The number of Topliss-reactive ketones (excluding diaryl/α,β-unsaturated/α-hetero) is 1. The standard InChI is InChI=1S/C11H11FN2O2/c12-9-4-8(5-13-6-9)11(16)14-3-1-2-10(15)7-14/h4-6H,1-3,7H2. The van der Waals surface area contributed by atoms with Gasteiger partial charge in [0.1, 0.15) is 5.82 Å². The predicted molar refractivity (Wildman–Crippen MR) is 54.3 cm³/mol. The van der Waals surface area contributed by atoms with Crippen LogP contribution in [0.1, 0.15) is 23.2 Å². The third-order valence-corrected chi connectivity index (χ3v) is 2.49. The minimum Gasteiger partial charge on any atom is -0.331 e. The molecular weight excluding hydrogens is 211 g/mol. The van der Waals surface area contributed by atoms with E-state index in [0.717, 1.165) is 12.3 Å². The van der Waals surface area contributed by atoms with E-state index in [0.29, 0.717) is 19.4 Å². The minimum absolute atomic E-state index is 0.0453. The molecule has 16 heavy (non-hydrogen) atoms. The van der Waals surface area contributed by atoms with Crippen LogP contribution in [-0.2, 0) is 4.79 Å². The highest BCUT2D eigenvalue weighted by molar-refractivity contribution is 5.97. The van der Waals surface area contributed by atoms with Gasteiger partial charge in [-0.15, -0.1) is 0 Å². The molecule has 0 atom stereocenters. The molecule has 0 spiro atoms. The van der Waals surface area contributed by atoms with Crippen molar-refractivity contribution in [2.24, 2.45) is 0 Å². The Morgan fingerprint density at radius 1 is 1.44 bits per heavy atom. The van der Waals surface area contributed by atoms with Gasteiger partial charge in [0.15, 0.2) is 5.78 Å². The van der Waals surface area contributed by atoms with Gasteiger partial charge in [-0.05, 0) is 12.5 Å². The van der Waals surface area contributed by atoms with Gasteiger partial charge in [0.05, 0.1) is 18.3 Å². The number of hydrogen-bond acceptors (Lipinski definition) is 3. The molecule has 2 rings (SSSR count). The minimum atomic E-state index is -0.547. The van der Waals surface area contributed by atoms with E-state index in [1.807, 2.05) is 0 Å². The Hall–Kier alpha value is -1.78. The maximum absolute atomic E-state index is 12.9. The lowest BCUT2D eigenvalue weighted by molar-refractivity contribution is -0.121. The van der Waals surface area contributed by atoms with E-state index in [9.17, 15) is 14.0 Å². The van der Waals surface area contributed by atoms with Crippen molar-refractivity contribution < 1.29 is 14.0 Å². The fourth-order valence-corrected chi connectivity index (χ4v) is 1.72. The van der Waals surface area contributed by atoms with Crippen molar-refractivity contribution in [3.05, 3.63) is 29.8 Å². The highest BCUT2D eigenvalue weighted by atomic mass is 19.1. The van der Waals surface area contributed by atoms with Crippen LogP contribution >= 0.6 is 0 Å². The SMILES string of the molecule is O=C1CCCN(C(=O)c2cncc(F)c2)C1. The first-order valence-corrected chi connectivity index (χ1v) is 5.08. The molecule has 1 amide bonds. The zero-order valence-electron chi connectivity index (χ0n) is 8.65. The zero-order chi connectivity index (χ0) is 11.5. The number of piperidine rings is 1. The van der Waals surface area contributed by atoms with Crippen LogP contribution in [0.25, 0.3) is 0 Å². The fraction of sp³-hybridized carbons (Fsp3) is 0.364. The van der Waals surface area contributed by atoms with Crippen LogP contribution in [0.3, 0.4) is 0 Å². The number of pyridine rings is 1. The molecular formula is C11H11FN2O2. The summed E-state index contributed by atoms with van der Waals surface area (Å²) in [5, 5.41) is 0. The molecule has 0 N–H and O–H groups in total. The molecule has 1 aromatic heterocycles. The first-order chi connectivity index (χ1) is 7.66. The van der Waals surface area contributed by atoms with Crippen molar-refractivity contribution in [2.75, 3.05) is 13.1 Å². The number of amides is 1. The second kappa shape index (κ2) is 4.38. The summed E-state index contributed by atoms with van der Waals surface area (Å²) < 4.78 is 12.9. The molecule has 0 bridgehead atoms. The molecule has 84 valence electrons. The Labute approximate surface area is 92.1 Å². The number of carbonyl (C=O) groups excluding carboxylic acids is 2. The van der Waals surface area contributed by atoms with Crippen LogP contribution in [0.4, 0.5) is 4.39 Å². The molecule has 1 saturated heterocycles. The number of nitrogens with zero attached hydrogens (tertiary/aromatic N) is 2. The maximum Gasteiger partial charge on any atom is 0.255 e. The van der Waals surface area contributed by atoms with Gasteiger partial charge in [-0.2, -0.15) is 0 Å². The van der Waals surface area contributed by atoms with E-state index in [2.05, 4.69) is 4.98 Å². The van der Waals surface area contributed by atoms with Crippen molar-refractivity contribution >= 4 is 11.7 Å². The largest absolute Gasteiger partial charge is 0.331 e. The molecule has 0 aliphatic carbocycles. The normalized spacial score (nSPS) is 16.3. The van der Waals surface area contributed by atoms with Gasteiger partial charge >= 0.3 is 0 Å². The zero-order valence-corrected chi connectivity index (χ0v) is 8.65. The average molecular weight is 222 g/mol. The first kappa shape index (κ1) is 10.7. The van der Waals surface area contributed by atoms with E-state index in [1.54, 1.807) is 0 Å². The van der Waals surface area contributed by atoms with Crippen LogP contribution < -0.4 is 0 Å². The summed E-state index contributed by atoms with van der Waals surface area (Å²) in [6, 6.07) is 1.13. The topological polar surface area (TPSA) is 50.3 Å². The lowest BCUT2D eigenvalue weighted by Gasteiger charge is -2.25. The van der Waals surface area contributed by atoms with Crippen LogP contribution in [0.15, 0.2) is 18.5 Å². The summed E-state index contributed by atoms with van der Waals surface area (Å²) in [6.07, 6.45) is 3.54. The Balaban J connectivity index is 2.15. The molecule has 1 aromatic rings. The lowest BCUT2D eigenvalue weighted by Crippen LogP contribution is -2.40. The van der Waals surface area contributed by atoms with E-state index >= 15 is 0 Å². The number of ketones is 1. The maximum atomic E-state index is 12.9. The molecule has 0 saturated carbocycles. The number of carbonyl (C=O) groups is 2. The van der Waals surface area contributed by atoms with Crippen molar-refractivity contribution in [3.8, 4) is 0 Å². The van der Waals surface area contributed by atoms with Crippen LogP contribution in [0.5, 0.6) is 0 Å². The second-order valence-electron chi connectivity index (χ2n) is 3.76. The lowest BCUT2D eigenvalue weighted by atomic mass is 10.1. The number of aromatic nitrogens is 1. The quantitative estimate of drug-likeness (QED) is 0.713. The van der Waals surface area contributed by atoms with E-state index in [4.69, 9.17) is 0 Å². The number of halogens is 1. The van der Waals surface area contributed by atoms with Crippen molar-refractivity contribution in [3.63, 3.8) is 0 Å². The highest BCUT2D eigenvalue weighted by Crippen LogP contribution is 2.11. The van der Waals surface area contributed by atoms with Crippen LogP contribution in [0.2, 0.25) is 0 Å². The first-order valence-electron chi connectivity index (χ1n) is 5.08. The van der Waals surface area contributed by atoms with Crippen molar-refractivity contribution in [1.29, 1.82) is 0 Å². The summed E-state index contributed by atoms with van der Waals surface area (Å²) >= 11 is 0. The smallest absolute Gasteiger partial charge is 0.255 e. The number of hydrogen-bond donors (Lipinski definition) is 0. The molecule has 1 aliphatic rings. The van der Waals surface area contributed by atoms with Crippen LogP contribution in [-0.4, -0.2) is 34.7 Å². The Morgan fingerprint density at radius 3 is 2.94 bits per heavy atom. The summed E-state index contributed by atoms with van der Waals surface area (Å²) in [5.41, 5.74) is 0.190. The molecule has 5 heteroatoms. The molecule has 1 fully saturated rings. The summed E-state index contributed by atoms with van der Waals surface area (Å²) in [7, 11) is 0. The fourth-order valence-electron chi connectivity index (χ4n) is 1.72. The monoisotopic (exact) mass is 222 g/mol. The van der Waals surface area contributed by atoms with Gasteiger partial charge in [-0.25, -0.2) is 4.39 Å². The Kier molecular flexibility index (Phi) is 2.94. The van der Waals surface area contributed by atoms with Gasteiger partial charge in [0, 0.05) is 19.2 Å². The Bertz CT molecular complexity index is 434. The van der Waals surface area contributed by atoms with Crippen molar-refractivity contribution in [1.82, 2.24) is 9.88 Å². The molecule has 0 radical (unpaired) electrons. The van der Waals surface area contributed by atoms with Crippen LogP contribution in [0, 0.1) is 5.82 Å². The van der Waals surface area contributed by atoms with E-state index < -0.39 is 5.82 Å². The Morgan fingerprint density at radius 2 is 2.25 bits per heavy atom. The molecule has 4 nitrogen and oxygen atoms in total. The molecule has 2 heterocycles. The third-order valence-electron chi connectivity index (χ3n) is 2.49. The predicted octanol–water partition coefficient (Wildman–Crippen LogP) is 1.03. The second-order valence-corrected chi connectivity index (χ2v) is 3.76. The molecule has 0 aromatic carbocycles. The molecule has 0 unspecified atom stereocenters. The third kappa shape index (κ3) is 2.24. The summed E-state index contributed by atoms with van der Waals surface area (Å²) in [6.45, 7) is 0.663. The summed E-state index contributed by atoms with van der Waals surface area (Å²) in [4.78, 5) is 28.1. The number of likely N-dealkylation sites (tertiary alicyclic amines) is 1. The van der Waals surface area contributed by atoms with Gasteiger partial charge < -0.3 is 4.90 Å². The van der Waals surface area contributed by atoms with E-state index in [1.165, 1.54) is 11.1 Å². The van der Waals surface area contributed by atoms with Gasteiger partial charge in [0.2, 0.25) is 0 Å². The number of rotatable bonds is 1. The summed E-state index contributed by atoms with van der Waals surface area (Å²) in [5.74, 6) is -0.835. The average Bonchev–Trinajstić information content (AvgIpc) is 2.28. The van der Waals surface area contributed by atoms with Gasteiger partial charge in [-0.1, -0.05) is 0 Å². The van der Waals surface area contributed by atoms with Gasteiger partial charge in [0.25, 0.3) is 5.91 Å². The van der Waals surface area contributed by atoms with Crippen molar-refractivity contribution in [2.45, 2.75) is 12.8 Å². The highest BCUT2D eigenvalue weighted by Gasteiger charge is 2.22. The van der Waals surface area contributed by atoms with Gasteiger partial charge in [-0.3, -0.25) is 14.6 Å².